The minimum Gasteiger partial charge on any atom is -0.465 e. The van der Waals surface area contributed by atoms with E-state index in [2.05, 4.69) is 14.9 Å². The van der Waals surface area contributed by atoms with Crippen LogP contribution < -0.4 is 4.74 Å². The van der Waals surface area contributed by atoms with E-state index < -0.39 is 12.3 Å². The molecule has 0 saturated carbocycles. The first kappa shape index (κ1) is 21.2. The summed E-state index contributed by atoms with van der Waals surface area (Å²) in [5, 5.41) is 7.40. The summed E-state index contributed by atoms with van der Waals surface area (Å²) in [6, 6.07) is 15.9. The molecule has 4 aromatic rings. The fourth-order valence-corrected chi connectivity index (χ4v) is 3.30. The number of nitrogens with zero attached hydrogens (tertiary/aromatic N) is 1. The van der Waals surface area contributed by atoms with E-state index in [0.717, 1.165) is 16.7 Å². The van der Waals surface area contributed by atoms with Crippen molar-refractivity contribution < 1.29 is 31.9 Å². The summed E-state index contributed by atoms with van der Waals surface area (Å²) in [6.07, 6.45) is -2.84. The highest BCUT2D eigenvalue weighted by atomic mass is 19.4. The summed E-state index contributed by atoms with van der Waals surface area (Å²) < 4.78 is 51.4. The summed E-state index contributed by atoms with van der Waals surface area (Å²) in [7, 11) is 1.31. The second-order valence-electron chi connectivity index (χ2n) is 6.84. The Balaban J connectivity index is 1.68. The maximum atomic E-state index is 12.4. The number of halogens is 3. The Morgan fingerprint density at radius 1 is 1.06 bits per heavy atom. The van der Waals surface area contributed by atoms with Crippen LogP contribution in [0.15, 0.2) is 71.3 Å². The monoisotopic (exact) mass is 442 g/mol. The summed E-state index contributed by atoms with van der Waals surface area (Å²) in [5.74, 6) is -0.170. The van der Waals surface area contributed by atoms with Crippen molar-refractivity contribution in [3.8, 4) is 28.5 Å². The molecular formula is C23H17F3N2O4. The van der Waals surface area contributed by atoms with Crippen molar-refractivity contribution in [2.75, 3.05) is 7.11 Å². The van der Waals surface area contributed by atoms with E-state index in [1.54, 1.807) is 48.5 Å². The molecule has 9 heteroatoms. The number of aromatic nitrogens is 2. The number of aromatic amines is 1. The molecule has 0 aliphatic carbocycles. The molecule has 164 valence electrons. The number of ether oxygens (including phenoxy) is 2. The van der Waals surface area contributed by atoms with E-state index in [4.69, 9.17) is 9.15 Å². The average Bonchev–Trinajstić information content (AvgIpc) is 3.43. The largest absolute Gasteiger partial charge is 0.573 e. The highest BCUT2D eigenvalue weighted by Crippen LogP contribution is 2.33. The van der Waals surface area contributed by atoms with Crippen molar-refractivity contribution in [2.24, 2.45) is 0 Å². The van der Waals surface area contributed by atoms with Crippen LogP contribution in [0.3, 0.4) is 0 Å². The first-order valence-corrected chi connectivity index (χ1v) is 9.48. The van der Waals surface area contributed by atoms with Crippen LogP contribution in [0.4, 0.5) is 13.2 Å². The molecule has 0 amide bonds. The van der Waals surface area contributed by atoms with Gasteiger partial charge in [-0.2, -0.15) is 5.10 Å². The summed E-state index contributed by atoms with van der Waals surface area (Å²) in [6.45, 7) is 0. The van der Waals surface area contributed by atoms with E-state index >= 15 is 0 Å². The predicted octanol–water partition coefficient (Wildman–Crippen LogP) is 5.61. The third-order valence-electron chi connectivity index (χ3n) is 4.75. The first-order chi connectivity index (χ1) is 15.3. The van der Waals surface area contributed by atoms with Crippen molar-refractivity contribution >= 4 is 5.97 Å². The Kier molecular flexibility index (Phi) is 5.72. The number of carbonyl (C=O) groups excluding carboxylic acids is 1. The van der Waals surface area contributed by atoms with Gasteiger partial charge in [-0.3, -0.25) is 5.10 Å². The molecule has 0 aliphatic heterocycles. The smallest absolute Gasteiger partial charge is 0.465 e. The number of nitrogens with one attached hydrogen (secondary N) is 1. The quantitative estimate of drug-likeness (QED) is 0.393. The minimum atomic E-state index is -4.75. The maximum absolute atomic E-state index is 12.4. The second kappa shape index (κ2) is 8.62. The molecule has 6 nitrogen and oxygen atoms in total. The molecule has 0 bridgehead atoms. The van der Waals surface area contributed by atoms with Crippen LogP contribution in [0, 0.1) is 0 Å². The topological polar surface area (TPSA) is 77.4 Å². The number of methoxy groups -OCH3 is 1. The van der Waals surface area contributed by atoms with Crippen LogP contribution in [-0.4, -0.2) is 29.6 Å². The number of hydrogen-bond donors (Lipinski definition) is 1. The van der Waals surface area contributed by atoms with Gasteiger partial charge >= 0.3 is 12.3 Å². The number of H-pyrrole nitrogens is 1. The van der Waals surface area contributed by atoms with E-state index in [1.807, 2.05) is 0 Å². The van der Waals surface area contributed by atoms with Gasteiger partial charge in [0.1, 0.15) is 11.4 Å². The number of hydrogen-bond acceptors (Lipinski definition) is 5. The zero-order chi connectivity index (χ0) is 22.7. The molecule has 2 aromatic carbocycles. The Hall–Kier alpha value is -4.01. The third kappa shape index (κ3) is 4.66. The summed E-state index contributed by atoms with van der Waals surface area (Å²) in [5.41, 5.74) is 3.97. The molecule has 1 N–H and O–H groups in total. The van der Waals surface area contributed by atoms with E-state index in [0.29, 0.717) is 29.1 Å². The molecule has 0 radical (unpaired) electrons. The molecule has 0 fully saturated rings. The van der Waals surface area contributed by atoms with Gasteiger partial charge < -0.3 is 13.9 Å². The van der Waals surface area contributed by atoms with Crippen LogP contribution in [0.5, 0.6) is 5.75 Å². The minimum absolute atomic E-state index is 0.293. The Bertz CT molecular complexity index is 1200. The normalized spacial score (nSPS) is 11.4. The van der Waals surface area contributed by atoms with Crippen molar-refractivity contribution in [1.82, 2.24) is 10.2 Å². The average molecular weight is 442 g/mol. The third-order valence-corrected chi connectivity index (χ3v) is 4.75. The van der Waals surface area contributed by atoms with Crippen LogP contribution in [-0.2, 0) is 11.2 Å². The molecule has 0 unspecified atom stereocenters. The summed E-state index contributed by atoms with van der Waals surface area (Å²) >= 11 is 0. The number of alkyl halides is 3. The lowest BCUT2D eigenvalue weighted by Crippen LogP contribution is -2.17. The van der Waals surface area contributed by atoms with Crippen LogP contribution in [0.1, 0.15) is 21.5 Å². The lowest BCUT2D eigenvalue weighted by molar-refractivity contribution is -0.274. The van der Waals surface area contributed by atoms with Crippen molar-refractivity contribution in [3.63, 3.8) is 0 Å². The maximum Gasteiger partial charge on any atom is 0.573 e. The standard InChI is InChI=1S/C23H17F3N2O4/c1-30-22(29)16-8-6-15(7-9-16)20-18(21(28-27-20)19-3-2-12-31-19)13-14-4-10-17(11-5-14)32-23(24,25)26/h2-12H,13H2,1H3,(H,27,28). The molecule has 2 aromatic heterocycles. The van der Waals surface area contributed by atoms with Crippen molar-refractivity contribution in [2.45, 2.75) is 12.8 Å². The molecule has 0 atom stereocenters. The van der Waals surface area contributed by atoms with Gasteiger partial charge in [0.2, 0.25) is 0 Å². The molecule has 32 heavy (non-hydrogen) atoms. The molecule has 0 saturated heterocycles. The zero-order valence-electron chi connectivity index (χ0n) is 16.8. The fourth-order valence-electron chi connectivity index (χ4n) is 3.30. The molecule has 0 aliphatic rings. The molecule has 2 heterocycles. The SMILES string of the molecule is COC(=O)c1ccc(-c2n[nH]c(-c3ccco3)c2Cc2ccc(OC(F)(F)F)cc2)cc1. The van der Waals surface area contributed by atoms with Gasteiger partial charge in [-0.05, 0) is 42.0 Å². The van der Waals surface area contributed by atoms with Gasteiger partial charge in [-0.25, -0.2) is 4.79 Å². The second-order valence-corrected chi connectivity index (χ2v) is 6.84. The van der Waals surface area contributed by atoms with E-state index in [9.17, 15) is 18.0 Å². The highest BCUT2D eigenvalue weighted by Gasteiger charge is 2.31. The Morgan fingerprint density at radius 2 is 1.78 bits per heavy atom. The number of esters is 1. The number of rotatable bonds is 6. The predicted molar refractivity (Wildman–Crippen MR) is 109 cm³/mol. The van der Waals surface area contributed by atoms with Gasteiger partial charge in [0.15, 0.2) is 5.76 Å². The van der Waals surface area contributed by atoms with Gasteiger partial charge in [0.05, 0.1) is 24.6 Å². The fraction of sp³-hybridized carbons (Fsp3) is 0.130. The Morgan fingerprint density at radius 3 is 2.38 bits per heavy atom. The van der Waals surface area contributed by atoms with Gasteiger partial charge in [-0.15, -0.1) is 13.2 Å². The van der Waals surface area contributed by atoms with Crippen LogP contribution >= 0.6 is 0 Å². The van der Waals surface area contributed by atoms with Crippen LogP contribution in [0.2, 0.25) is 0 Å². The van der Waals surface area contributed by atoms with Crippen LogP contribution in [0.25, 0.3) is 22.7 Å². The van der Waals surface area contributed by atoms with Gasteiger partial charge in [0.25, 0.3) is 0 Å². The van der Waals surface area contributed by atoms with Crippen molar-refractivity contribution in [1.29, 1.82) is 0 Å². The van der Waals surface area contributed by atoms with Gasteiger partial charge in [-0.1, -0.05) is 24.3 Å². The lowest BCUT2D eigenvalue weighted by Gasteiger charge is -2.10. The molecule has 4 rings (SSSR count). The molecular weight excluding hydrogens is 425 g/mol. The van der Waals surface area contributed by atoms with Gasteiger partial charge in [0, 0.05) is 17.5 Å². The lowest BCUT2D eigenvalue weighted by atomic mass is 9.97. The summed E-state index contributed by atoms with van der Waals surface area (Å²) in [4.78, 5) is 11.7. The number of furan rings is 1. The number of carbonyl (C=O) groups is 1. The zero-order valence-corrected chi connectivity index (χ0v) is 16.8. The first-order valence-electron chi connectivity index (χ1n) is 9.48. The van der Waals surface area contributed by atoms with E-state index in [1.165, 1.54) is 25.5 Å². The van der Waals surface area contributed by atoms with E-state index in [-0.39, 0.29) is 5.75 Å². The Labute approximate surface area is 180 Å². The number of benzene rings is 2. The van der Waals surface area contributed by atoms with Crippen molar-refractivity contribution in [3.05, 3.63) is 83.6 Å². The molecule has 0 spiro atoms. The highest BCUT2D eigenvalue weighted by molar-refractivity contribution is 5.90.